The number of thioether (sulfide) groups is 1. The third kappa shape index (κ3) is 5.18. The Labute approximate surface area is 160 Å². The zero-order chi connectivity index (χ0) is 19.2. The molecular weight excluding hydrogens is 364 g/mol. The van der Waals surface area contributed by atoms with Crippen LogP contribution >= 0.6 is 11.8 Å². The molecule has 0 fully saturated rings. The molecule has 1 heterocycles. The van der Waals surface area contributed by atoms with Crippen LogP contribution in [-0.2, 0) is 4.79 Å². The highest BCUT2D eigenvalue weighted by Crippen LogP contribution is 2.25. The molecule has 0 saturated carbocycles. The zero-order valence-corrected chi connectivity index (χ0v) is 15.7. The van der Waals surface area contributed by atoms with Crippen LogP contribution in [0.2, 0.25) is 0 Å². The first-order chi connectivity index (χ1) is 13.0. The van der Waals surface area contributed by atoms with Crippen molar-refractivity contribution in [3.63, 3.8) is 0 Å². The van der Waals surface area contributed by atoms with E-state index in [0.717, 1.165) is 10.5 Å². The monoisotopic (exact) mass is 382 g/mol. The second kappa shape index (κ2) is 8.50. The molecule has 8 heteroatoms. The minimum Gasteiger partial charge on any atom is -0.408 e. The summed E-state index contributed by atoms with van der Waals surface area (Å²) in [7, 11) is 0. The van der Waals surface area contributed by atoms with Crippen LogP contribution in [0, 0.1) is 13.8 Å². The second-order valence-electron chi connectivity index (χ2n) is 5.76. The standard InChI is InChI=1S/C19H18N4O3S/c1-12-8-9-15(27-11-17(24)21-19-23-22-13(2)26-19)10-16(12)20-18(25)14-6-4-3-5-7-14/h3-10H,11H2,1-2H3,(H,20,25)(H,21,23,24). The van der Waals surface area contributed by atoms with Crippen LogP contribution in [0.15, 0.2) is 57.8 Å². The van der Waals surface area contributed by atoms with Gasteiger partial charge in [-0.05, 0) is 36.8 Å². The van der Waals surface area contributed by atoms with Gasteiger partial charge < -0.3 is 9.73 Å². The third-order valence-electron chi connectivity index (χ3n) is 3.64. The average Bonchev–Trinajstić information content (AvgIpc) is 3.07. The van der Waals surface area contributed by atoms with Crippen molar-refractivity contribution in [1.82, 2.24) is 10.2 Å². The number of rotatable bonds is 6. The summed E-state index contributed by atoms with van der Waals surface area (Å²) < 4.78 is 5.12. The van der Waals surface area contributed by atoms with Crippen molar-refractivity contribution in [2.45, 2.75) is 18.7 Å². The fourth-order valence-corrected chi connectivity index (χ4v) is 3.00. The number of nitrogens with zero attached hydrogens (tertiary/aromatic N) is 2. The van der Waals surface area contributed by atoms with E-state index >= 15 is 0 Å². The lowest BCUT2D eigenvalue weighted by molar-refractivity contribution is -0.113. The van der Waals surface area contributed by atoms with Crippen molar-refractivity contribution in [2.75, 3.05) is 16.4 Å². The Kier molecular flexibility index (Phi) is 5.87. The SMILES string of the molecule is Cc1nnc(NC(=O)CSc2ccc(C)c(NC(=O)c3ccccc3)c2)o1. The number of anilines is 2. The van der Waals surface area contributed by atoms with Crippen molar-refractivity contribution in [2.24, 2.45) is 0 Å². The van der Waals surface area contributed by atoms with Crippen molar-refractivity contribution >= 4 is 35.3 Å². The second-order valence-corrected chi connectivity index (χ2v) is 6.81. The van der Waals surface area contributed by atoms with Crippen LogP contribution in [0.3, 0.4) is 0 Å². The van der Waals surface area contributed by atoms with Gasteiger partial charge in [0.2, 0.25) is 11.8 Å². The molecule has 0 spiro atoms. The largest absolute Gasteiger partial charge is 0.408 e. The number of nitrogens with one attached hydrogen (secondary N) is 2. The molecule has 0 atom stereocenters. The van der Waals surface area contributed by atoms with Gasteiger partial charge in [-0.1, -0.05) is 29.4 Å². The Bertz CT molecular complexity index is 957. The molecule has 0 aliphatic carbocycles. The number of carbonyl (C=O) groups is 2. The molecular formula is C19H18N4O3S. The molecule has 138 valence electrons. The number of hydrogen-bond acceptors (Lipinski definition) is 6. The molecule has 3 aromatic rings. The smallest absolute Gasteiger partial charge is 0.322 e. The minimum absolute atomic E-state index is 0.0813. The van der Waals surface area contributed by atoms with E-state index in [-0.39, 0.29) is 23.6 Å². The first-order valence-electron chi connectivity index (χ1n) is 8.21. The molecule has 27 heavy (non-hydrogen) atoms. The molecule has 2 amide bonds. The van der Waals surface area contributed by atoms with E-state index < -0.39 is 0 Å². The summed E-state index contributed by atoms with van der Waals surface area (Å²) in [5, 5.41) is 12.8. The summed E-state index contributed by atoms with van der Waals surface area (Å²) in [4.78, 5) is 25.2. The molecule has 7 nitrogen and oxygen atoms in total. The van der Waals surface area contributed by atoms with E-state index in [9.17, 15) is 9.59 Å². The predicted molar refractivity (Wildman–Crippen MR) is 104 cm³/mol. The zero-order valence-electron chi connectivity index (χ0n) is 14.9. The molecule has 0 bridgehead atoms. The van der Waals surface area contributed by atoms with Crippen LogP contribution in [0.5, 0.6) is 0 Å². The number of hydrogen-bond donors (Lipinski definition) is 2. The lowest BCUT2D eigenvalue weighted by Gasteiger charge is -2.10. The van der Waals surface area contributed by atoms with Crippen molar-refractivity contribution in [3.8, 4) is 0 Å². The van der Waals surface area contributed by atoms with Gasteiger partial charge in [0.25, 0.3) is 5.91 Å². The Morgan fingerprint density at radius 3 is 2.52 bits per heavy atom. The number of amides is 2. The summed E-state index contributed by atoms with van der Waals surface area (Å²) >= 11 is 1.35. The first-order valence-corrected chi connectivity index (χ1v) is 9.19. The minimum atomic E-state index is -0.251. The lowest BCUT2D eigenvalue weighted by atomic mass is 10.1. The molecule has 2 N–H and O–H groups in total. The highest BCUT2D eigenvalue weighted by atomic mass is 32.2. The molecule has 0 radical (unpaired) electrons. The number of aromatic nitrogens is 2. The molecule has 0 aliphatic heterocycles. The summed E-state index contributed by atoms with van der Waals surface area (Å²) in [6, 6.07) is 14.8. The van der Waals surface area contributed by atoms with Gasteiger partial charge in [-0.25, -0.2) is 0 Å². The van der Waals surface area contributed by atoms with Gasteiger partial charge in [-0.2, -0.15) is 0 Å². The number of benzene rings is 2. The van der Waals surface area contributed by atoms with Crippen LogP contribution < -0.4 is 10.6 Å². The molecule has 3 rings (SSSR count). The maximum Gasteiger partial charge on any atom is 0.322 e. The van der Waals surface area contributed by atoms with Crippen LogP contribution in [-0.4, -0.2) is 27.8 Å². The highest BCUT2D eigenvalue weighted by molar-refractivity contribution is 8.00. The quantitative estimate of drug-likeness (QED) is 0.632. The van der Waals surface area contributed by atoms with Gasteiger partial charge in [0.05, 0.1) is 5.75 Å². The van der Waals surface area contributed by atoms with Gasteiger partial charge in [-0.15, -0.1) is 16.9 Å². The molecule has 2 aromatic carbocycles. The van der Waals surface area contributed by atoms with Gasteiger partial charge in [0.1, 0.15) is 0 Å². The van der Waals surface area contributed by atoms with E-state index in [0.29, 0.717) is 17.1 Å². The number of carbonyl (C=O) groups excluding carboxylic acids is 2. The Balaban J connectivity index is 1.61. The Morgan fingerprint density at radius 2 is 1.81 bits per heavy atom. The fraction of sp³-hybridized carbons (Fsp3) is 0.158. The Morgan fingerprint density at radius 1 is 1.04 bits per heavy atom. The average molecular weight is 382 g/mol. The molecule has 0 saturated heterocycles. The molecule has 0 unspecified atom stereocenters. The highest BCUT2D eigenvalue weighted by Gasteiger charge is 2.11. The maximum atomic E-state index is 12.3. The Hall–Kier alpha value is -3.13. The fourth-order valence-electron chi connectivity index (χ4n) is 2.26. The van der Waals surface area contributed by atoms with Gasteiger partial charge in [0.15, 0.2) is 0 Å². The van der Waals surface area contributed by atoms with E-state index in [2.05, 4.69) is 20.8 Å². The van der Waals surface area contributed by atoms with Crippen molar-refractivity contribution in [3.05, 3.63) is 65.5 Å². The van der Waals surface area contributed by atoms with Crippen LogP contribution in [0.1, 0.15) is 21.8 Å². The van der Waals surface area contributed by atoms with Gasteiger partial charge >= 0.3 is 6.01 Å². The van der Waals surface area contributed by atoms with E-state index in [1.807, 2.05) is 43.3 Å². The maximum absolute atomic E-state index is 12.3. The van der Waals surface area contributed by atoms with Crippen molar-refractivity contribution < 1.29 is 14.0 Å². The topological polar surface area (TPSA) is 97.1 Å². The normalized spacial score (nSPS) is 10.4. The van der Waals surface area contributed by atoms with E-state index in [1.165, 1.54) is 11.8 Å². The van der Waals surface area contributed by atoms with Crippen molar-refractivity contribution in [1.29, 1.82) is 0 Å². The van der Waals surface area contributed by atoms with Gasteiger partial charge in [0, 0.05) is 23.1 Å². The third-order valence-corrected chi connectivity index (χ3v) is 4.63. The summed E-state index contributed by atoms with van der Waals surface area (Å²) in [6.07, 6.45) is 0. The van der Waals surface area contributed by atoms with E-state index in [4.69, 9.17) is 4.42 Å². The van der Waals surface area contributed by atoms with Gasteiger partial charge in [-0.3, -0.25) is 14.9 Å². The van der Waals surface area contributed by atoms with E-state index in [1.54, 1.807) is 19.1 Å². The summed E-state index contributed by atoms with van der Waals surface area (Å²) in [6.45, 7) is 3.56. The predicted octanol–water partition coefficient (Wildman–Crippen LogP) is 3.67. The van der Waals surface area contributed by atoms with Crippen LogP contribution in [0.25, 0.3) is 0 Å². The van der Waals surface area contributed by atoms with Crippen LogP contribution in [0.4, 0.5) is 11.7 Å². The first kappa shape index (κ1) is 18.7. The summed E-state index contributed by atoms with van der Waals surface area (Å²) in [5.41, 5.74) is 2.24. The number of aryl methyl sites for hydroxylation is 2. The lowest BCUT2D eigenvalue weighted by Crippen LogP contribution is -2.14. The summed E-state index contributed by atoms with van der Waals surface area (Å²) in [5.74, 6) is 0.135. The molecule has 0 aliphatic rings. The molecule has 1 aromatic heterocycles.